The van der Waals surface area contributed by atoms with Crippen molar-refractivity contribution in [1.82, 2.24) is 20.1 Å². The Kier molecular flexibility index (Phi) is 6.40. The molecule has 1 saturated heterocycles. The molecule has 1 fully saturated rings. The highest BCUT2D eigenvalue weighted by molar-refractivity contribution is 5.67. The van der Waals surface area contributed by atoms with Crippen LogP contribution in [-0.4, -0.2) is 51.9 Å². The zero-order valence-electron chi connectivity index (χ0n) is 15.8. The lowest BCUT2D eigenvalue weighted by molar-refractivity contribution is 0.0983. The van der Waals surface area contributed by atoms with Crippen molar-refractivity contribution < 1.29 is 9.53 Å². The van der Waals surface area contributed by atoms with Crippen molar-refractivity contribution in [2.24, 2.45) is 0 Å². The van der Waals surface area contributed by atoms with E-state index in [2.05, 4.69) is 44.9 Å². The molecule has 8 nitrogen and oxygen atoms in total. The van der Waals surface area contributed by atoms with Crippen molar-refractivity contribution in [2.45, 2.75) is 38.8 Å². The molecule has 1 atom stereocenters. The highest BCUT2D eigenvalue weighted by Crippen LogP contribution is 2.19. The van der Waals surface area contributed by atoms with Gasteiger partial charge < -0.3 is 20.3 Å². The lowest BCUT2D eigenvalue weighted by atomic mass is 10.1. The molecule has 2 N–H and O–H groups in total. The number of amides is 1. The molecule has 0 radical (unpaired) electrons. The van der Waals surface area contributed by atoms with Gasteiger partial charge in [0.05, 0.1) is 12.8 Å². The molecule has 1 amide bonds. The molecule has 0 saturated carbocycles. The van der Waals surface area contributed by atoms with Crippen LogP contribution in [0.15, 0.2) is 36.5 Å². The normalized spacial score (nSPS) is 15.9. The van der Waals surface area contributed by atoms with Gasteiger partial charge in [0.2, 0.25) is 5.95 Å². The van der Waals surface area contributed by atoms with E-state index in [0.29, 0.717) is 31.5 Å². The summed E-state index contributed by atoms with van der Waals surface area (Å²) >= 11 is 0. The summed E-state index contributed by atoms with van der Waals surface area (Å²) in [5, 5.41) is 14.8. The summed E-state index contributed by atoms with van der Waals surface area (Å²) in [5.41, 5.74) is 1.18. The second-order valence-electron chi connectivity index (χ2n) is 6.55. The first-order valence-electron chi connectivity index (χ1n) is 9.35. The largest absolute Gasteiger partial charge is 0.450 e. The standard InChI is InChI=1S/C19H26N6O2/c1-3-27-19(26)25-11-9-16(10-12-25)22-18-23-17(13-20-24-18)21-14(2)15-7-5-4-6-8-15/h4-8,13-14,16H,3,9-12H2,1-2H3,(H2,21,22,23,24). The zero-order valence-corrected chi connectivity index (χ0v) is 15.8. The number of piperidine rings is 1. The maximum absolute atomic E-state index is 11.8. The summed E-state index contributed by atoms with van der Waals surface area (Å²) in [4.78, 5) is 18.0. The van der Waals surface area contributed by atoms with Gasteiger partial charge in [0.25, 0.3) is 0 Å². The summed E-state index contributed by atoms with van der Waals surface area (Å²) in [7, 11) is 0. The van der Waals surface area contributed by atoms with Crippen LogP contribution in [0.25, 0.3) is 0 Å². The molecule has 0 aliphatic carbocycles. The quantitative estimate of drug-likeness (QED) is 0.807. The van der Waals surface area contributed by atoms with Crippen molar-refractivity contribution in [3.05, 3.63) is 42.1 Å². The van der Waals surface area contributed by atoms with Crippen molar-refractivity contribution in [3.8, 4) is 0 Å². The highest BCUT2D eigenvalue weighted by atomic mass is 16.6. The molecule has 1 aromatic carbocycles. The number of hydrogen-bond acceptors (Lipinski definition) is 7. The molecule has 2 aromatic rings. The Morgan fingerprint density at radius 1 is 1.30 bits per heavy atom. The van der Waals surface area contributed by atoms with Gasteiger partial charge in [-0.25, -0.2) is 4.79 Å². The predicted octanol–water partition coefficient (Wildman–Crippen LogP) is 3.08. The monoisotopic (exact) mass is 370 g/mol. The minimum Gasteiger partial charge on any atom is -0.450 e. The highest BCUT2D eigenvalue weighted by Gasteiger charge is 2.24. The van der Waals surface area contributed by atoms with Crippen molar-refractivity contribution in [2.75, 3.05) is 30.3 Å². The number of rotatable bonds is 6. The van der Waals surface area contributed by atoms with E-state index in [9.17, 15) is 4.79 Å². The number of ether oxygens (including phenoxy) is 1. The number of carbonyl (C=O) groups is 1. The Morgan fingerprint density at radius 2 is 2.04 bits per heavy atom. The van der Waals surface area contributed by atoms with Crippen LogP contribution in [-0.2, 0) is 4.74 Å². The van der Waals surface area contributed by atoms with Gasteiger partial charge in [-0.05, 0) is 32.3 Å². The van der Waals surface area contributed by atoms with E-state index in [1.54, 1.807) is 11.1 Å². The second-order valence-corrected chi connectivity index (χ2v) is 6.55. The average Bonchev–Trinajstić information content (AvgIpc) is 2.70. The molecular weight excluding hydrogens is 344 g/mol. The topological polar surface area (TPSA) is 92.3 Å². The van der Waals surface area contributed by atoms with E-state index in [1.165, 1.54) is 5.56 Å². The zero-order chi connectivity index (χ0) is 19.1. The van der Waals surface area contributed by atoms with Crippen LogP contribution in [0.4, 0.5) is 16.6 Å². The van der Waals surface area contributed by atoms with Gasteiger partial charge in [-0.3, -0.25) is 0 Å². The smallest absolute Gasteiger partial charge is 0.409 e. The summed E-state index contributed by atoms with van der Waals surface area (Å²) in [6, 6.07) is 10.5. The maximum Gasteiger partial charge on any atom is 0.409 e. The number of anilines is 2. The molecule has 2 heterocycles. The molecule has 3 rings (SSSR count). The Morgan fingerprint density at radius 3 is 2.74 bits per heavy atom. The van der Waals surface area contributed by atoms with Gasteiger partial charge >= 0.3 is 6.09 Å². The van der Waals surface area contributed by atoms with Gasteiger partial charge in [-0.15, -0.1) is 5.10 Å². The Bertz CT molecular complexity index is 734. The van der Waals surface area contributed by atoms with Crippen molar-refractivity contribution in [3.63, 3.8) is 0 Å². The molecule has 8 heteroatoms. The number of nitrogens with one attached hydrogen (secondary N) is 2. The number of likely N-dealkylation sites (tertiary alicyclic amines) is 1. The lowest BCUT2D eigenvalue weighted by Gasteiger charge is -2.31. The predicted molar refractivity (Wildman–Crippen MR) is 104 cm³/mol. The van der Waals surface area contributed by atoms with Crippen LogP contribution < -0.4 is 10.6 Å². The summed E-state index contributed by atoms with van der Waals surface area (Å²) in [6.45, 7) is 5.61. The minimum absolute atomic E-state index is 0.114. The Labute approximate surface area is 159 Å². The summed E-state index contributed by atoms with van der Waals surface area (Å²) in [6.07, 6.45) is 3.02. The van der Waals surface area contributed by atoms with E-state index in [1.807, 2.05) is 25.1 Å². The van der Waals surface area contributed by atoms with Crippen molar-refractivity contribution >= 4 is 17.9 Å². The molecular formula is C19H26N6O2. The fourth-order valence-electron chi connectivity index (χ4n) is 3.08. The number of aromatic nitrogens is 3. The van der Waals surface area contributed by atoms with Crippen LogP contribution >= 0.6 is 0 Å². The number of carbonyl (C=O) groups excluding carboxylic acids is 1. The maximum atomic E-state index is 11.8. The molecule has 1 aromatic heterocycles. The molecule has 0 spiro atoms. The van der Waals surface area contributed by atoms with Gasteiger partial charge in [0.15, 0.2) is 5.82 Å². The fraction of sp³-hybridized carbons (Fsp3) is 0.474. The Balaban J connectivity index is 1.53. The third-order valence-electron chi connectivity index (χ3n) is 4.58. The number of nitrogens with zero attached hydrogens (tertiary/aromatic N) is 4. The first-order chi connectivity index (χ1) is 13.2. The van der Waals surface area contributed by atoms with Gasteiger partial charge in [-0.1, -0.05) is 30.3 Å². The van der Waals surface area contributed by atoms with E-state index in [0.717, 1.165) is 12.8 Å². The average molecular weight is 370 g/mol. The van der Waals surface area contributed by atoms with Crippen LogP contribution in [0.2, 0.25) is 0 Å². The molecule has 27 heavy (non-hydrogen) atoms. The van der Waals surface area contributed by atoms with E-state index >= 15 is 0 Å². The molecule has 144 valence electrons. The van der Waals surface area contributed by atoms with E-state index in [-0.39, 0.29) is 18.2 Å². The van der Waals surface area contributed by atoms with Gasteiger partial charge in [-0.2, -0.15) is 10.1 Å². The minimum atomic E-state index is -0.241. The van der Waals surface area contributed by atoms with Crippen LogP contribution in [0, 0.1) is 0 Å². The third-order valence-corrected chi connectivity index (χ3v) is 4.58. The van der Waals surface area contributed by atoms with Crippen molar-refractivity contribution in [1.29, 1.82) is 0 Å². The van der Waals surface area contributed by atoms with Crippen LogP contribution in [0.1, 0.15) is 38.3 Å². The molecule has 1 aliphatic rings. The number of hydrogen-bond donors (Lipinski definition) is 2. The number of benzene rings is 1. The molecule has 1 aliphatic heterocycles. The summed E-state index contributed by atoms with van der Waals surface area (Å²) < 4.78 is 5.05. The summed E-state index contributed by atoms with van der Waals surface area (Å²) in [5.74, 6) is 1.17. The third kappa shape index (κ3) is 5.29. The SMILES string of the molecule is CCOC(=O)N1CCC(Nc2nncc(NC(C)c3ccccc3)n2)CC1. The fourth-order valence-corrected chi connectivity index (χ4v) is 3.08. The van der Waals surface area contributed by atoms with Gasteiger partial charge in [0.1, 0.15) is 0 Å². The molecule has 1 unspecified atom stereocenters. The molecule has 0 bridgehead atoms. The Hall–Kier alpha value is -2.90. The second kappa shape index (κ2) is 9.16. The first-order valence-corrected chi connectivity index (χ1v) is 9.35. The van der Waals surface area contributed by atoms with Crippen LogP contribution in [0.3, 0.4) is 0 Å². The van der Waals surface area contributed by atoms with E-state index < -0.39 is 0 Å². The van der Waals surface area contributed by atoms with Crippen LogP contribution in [0.5, 0.6) is 0 Å². The lowest BCUT2D eigenvalue weighted by Crippen LogP contribution is -2.42. The van der Waals surface area contributed by atoms with E-state index in [4.69, 9.17) is 4.74 Å². The first kappa shape index (κ1) is 18.9. The van der Waals surface area contributed by atoms with Gasteiger partial charge in [0, 0.05) is 25.2 Å².